The summed E-state index contributed by atoms with van der Waals surface area (Å²) in [5, 5.41) is 0. The molecule has 0 saturated heterocycles. The Morgan fingerprint density at radius 3 is 2.60 bits per heavy atom. The lowest BCUT2D eigenvalue weighted by atomic mass is 9.97. The molecule has 2 rings (SSSR count). The molecule has 1 radical (unpaired) electrons. The molecule has 1 aromatic heterocycles. The molecule has 101 valence electrons. The first kappa shape index (κ1) is 14.1. The number of ether oxygens (including phenoxy) is 1. The molecule has 0 aliphatic rings. The van der Waals surface area contributed by atoms with E-state index >= 15 is 0 Å². The van der Waals surface area contributed by atoms with E-state index in [4.69, 9.17) is 11.2 Å². The van der Waals surface area contributed by atoms with Crippen LogP contribution in [0.15, 0.2) is 36.5 Å². The maximum Gasteiger partial charge on any atom is 0.214 e. The molecular weight excluding hydrogens is 246 g/mol. The van der Waals surface area contributed by atoms with Crippen LogP contribution in [0.2, 0.25) is 0 Å². The summed E-state index contributed by atoms with van der Waals surface area (Å²) in [4.78, 5) is 4.17. The second kappa shape index (κ2) is 6.25. The Hall–Kier alpha value is -2.27. The number of aromatic nitrogens is 1. The Kier molecular flexibility index (Phi) is 4.42. The number of nitrogens with zero attached hydrogens (tertiary/aromatic N) is 1. The van der Waals surface area contributed by atoms with Crippen LogP contribution in [0.4, 0.5) is 0 Å². The van der Waals surface area contributed by atoms with Crippen LogP contribution in [0.3, 0.4) is 0 Å². The highest BCUT2D eigenvalue weighted by Crippen LogP contribution is 2.27. The Morgan fingerprint density at radius 2 is 2.00 bits per heavy atom. The fraction of sp³-hybridized carbons (Fsp3) is 0.222. The number of benzene rings is 1. The Morgan fingerprint density at radius 1 is 1.30 bits per heavy atom. The lowest BCUT2D eigenvalue weighted by molar-refractivity contribution is 0.355. The van der Waals surface area contributed by atoms with Gasteiger partial charge in [-0.15, -0.1) is 6.42 Å². The summed E-state index contributed by atoms with van der Waals surface area (Å²) in [7, 11) is 0. The van der Waals surface area contributed by atoms with Crippen molar-refractivity contribution >= 4 is 0 Å². The molecular formula is C18H18NO. The standard InChI is InChI=1S/C18H18NO/c1-5-10-20-18-11-17(14(4)12-19-18)16-8-6-15(7-9-16)13(2)3/h1,6-9,11-13H,4,10H2,2-3H3. The van der Waals surface area contributed by atoms with Gasteiger partial charge in [-0.2, -0.15) is 0 Å². The van der Waals surface area contributed by atoms with E-state index in [-0.39, 0.29) is 6.61 Å². The van der Waals surface area contributed by atoms with Gasteiger partial charge in [0, 0.05) is 12.3 Å². The zero-order valence-electron chi connectivity index (χ0n) is 11.9. The van der Waals surface area contributed by atoms with Crippen molar-refractivity contribution in [3.63, 3.8) is 0 Å². The second-order valence-corrected chi connectivity index (χ2v) is 4.95. The van der Waals surface area contributed by atoms with Gasteiger partial charge in [0.25, 0.3) is 0 Å². The topological polar surface area (TPSA) is 22.1 Å². The monoisotopic (exact) mass is 264 g/mol. The predicted octanol–water partition coefficient (Wildman–Crippen LogP) is 4.07. The molecule has 2 heteroatoms. The smallest absolute Gasteiger partial charge is 0.214 e. The number of terminal acetylenes is 1. The summed E-state index contributed by atoms with van der Waals surface area (Å²) in [6, 6.07) is 10.4. The minimum Gasteiger partial charge on any atom is -0.464 e. The van der Waals surface area contributed by atoms with Crippen molar-refractivity contribution in [1.29, 1.82) is 0 Å². The van der Waals surface area contributed by atoms with Gasteiger partial charge < -0.3 is 4.74 Å². The zero-order valence-corrected chi connectivity index (χ0v) is 11.9. The number of hydrogen-bond donors (Lipinski definition) is 0. The number of rotatable bonds is 4. The van der Waals surface area contributed by atoms with Crippen LogP contribution in [0.25, 0.3) is 11.1 Å². The van der Waals surface area contributed by atoms with Gasteiger partial charge in [0.2, 0.25) is 5.88 Å². The largest absolute Gasteiger partial charge is 0.464 e. The molecule has 0 aliphatic heterocycles. The van der Waals surface area contributed by atoms with Crippen LogP contribution in [0.1, 0.15) is 30.9 Å². The van der Waals surface area contributed by atoms with Gasteiger partial charge >= 0.3 is 0 Å². The molecule has 1 aromatic carbocycles. The summed E-state index contributed by atoms with van der Waals surface area (Å²) < 4.78 is 5.36. The highest BCUT2D eigenvalue weighted by Gasteiger charge is 2.06. The first-order chi connectivity index (χ1) is 9.61. The Bertz CT molecular complexity index is 621. The predicted molar refractivity (Wildman–Crippen MR) is 82.5 cm³/mol. The van der Waals surface area contributed by atoms with Crippen molar-refractivity contribution in [2.75, 3.05) is 6.61 Å². The molecule has 0 amide bonds. The Balaban J connectivity index is 2.33. The van der Waals surface area contributed by atoms with Gasteiger partial charge in [0.05, 0.1) is 0 Å². The lowest BCUT2D eigenvalue weighted by Gasteiger charge is -2.10. The molecule has 2 aromatic rings. The van der Waals surface area contributed by atoms with Crippen LogP contribution in [0.5, 0.6) is 5.88 Å². The molecule has 0 atom stereocenters. The molecule has 0 spiro atoms. The zero-order chi connectivity index (χ0) is 14.5. The van der Waals surface area contributed by atoms with E-state index in [0.717, 1.165) is 16.7 Å². The molecule has 0 saturated carbocycles. The fourth-order valence-corrected chi connectivity index (χ4v) is 1.98. The highest BCUT2D eigenvalue weighted by molar-refractivity contribution is 5.69. The van der Waals surface area contributed by atoms with Gasteiger partial charge in [-0.05, 0) is 35.1 Å². The summed E-state index contributed by atoms with van der Waals surface area (Å²) in [5.74, 6) is 3.48. The van der Waals surface area contributed by atoms with Crippen LogP contribution < -0.4 is 4.74 Å². The number of pyridine rings is 1. The van der Waals surface area contributed by atoms with Crippen molar-refractivity contribution in [2.24, 2.45) is 0 Å². The normalized spacial score (nSPS) is 10.3. The Labute approximate surface area is 120 Å². The molecule has 0 N–H and O–H groups in total. The van der Waals surface area contributed by atoms with E-state index in [1.54, 1.807) is 6.20 Å². The molecule has 0 aliphatic carbocycles. The van der Waals surface area contributed by atoms with Crippen molar-refractivity contribution < 1.29 is 4.74 Å². The van der Waals surface area contributed by atoms with Gasteiger partial charge in [-0.3, -0.25) is 0 Å². The van der Waals surface area contributed by atoms with Crippen LogP contribution in [-0.4, -0.2) is 11.6 Å². The maximum atomic E-state index is 5.36. The maximum absolute atomic E-state index is 5.36. The van der Waals surface area contributed by atoms with E-state index in [9.17, 15) is 0 Å². The summed E-state index contributed by atoms with van der Waals surface area (Å²) >= 11 is 0. The van der Waals surface area contributed by atoms with Crippen molar-refractivity contribution in [2.45, 2.75) is 19.8 Å². The summed E-state index contributed by atoms with van der Waals surface area (Å²) in [5.41, 5.74) is 4.31. The highest BCUT2D eigenvalue weighted by atomic mass is 16.5. The molecule has 20 heavy (non-hydrogen) atoms. The van der Waals surface area contributed by atoms with E-state index in [2.05, 4.69) is 55.9 Å². The van der Waals surface area contributed by atoms with Crippen molar-refractivity contribution in [1.82, 2.24) is 4.98 Å². The van der Waals surface area contributed by atoms with Crippen LogP contribution in [-0.2, 0) is 0 Å². The SMILES string of the molecule is C#CCOc1cc(-c2ccc(C(C)C)cc2)c([CH2])cn1. The average Bonchev–Trinajstić information content (AvgIpc) is 2.46. The van der Waals surface area contributed by atoms with E-state index in [1.807, 2.05) is 6.07 Å². The molecule has 0 unspecified atom stereocenters. The van der Waals surface area contributed by atoms with Crippen molar-refractivity contribution in [3.05, 3.63) is 54.6 Å². The lowest BCUT2D eigenvalue weighted by Crippen LogP contribution is -1.97. The summed E-state index contributed by atoms with van der Waals surface area (Å²) in [6.45, 7) is 8.60. The van der Waals surface area contributed by atoms with Crippen molar-refractivity contribution in [3.8, 4) is 29.4 Å². The van der Waals surface area contributed by atoms with Gasteiger partial charge in [-0.1, -0.05) is 44.0 Å². The van der Waals surface area contributed by atoms with Gasteiger partial charge in [0.15, 0.2) is 6.61 Å². The second-order valence-electron chi connectivity index (χ2n) is 4.95. The molecule has 0 bridgehead atoms. The van der Waals surface area contributed by atoms with Gasteiger partial charge in [-0.25, -0.2) is 4.98 Å². The third-order valence-corrected chi connectivity index (χ3v) is 3.15. The molecule has 2 nitrogen and oxygen atoms in total. The van der Waals surface area contributed by atoms with E-state index < -0.39 is 0 Å². The van der Waals surface area contributed by atoms with Crippen LogP contribution in [0, 0.1) is 19.3 Å². The first-order valence-corrected chi connectivity index (χ1v) is 6.60. The van der Waals surface area contributed by atoms with E-state index in [0.29, 0.717) is 11.8 Å². The van der Waals surface area contributed by atoms with Gasteiger partial charge in [0.1, 0.15) is 0 Å². The fourth-order valence-electron chi connectivity index (χ4n) is 1.98. The minimum atomic E-state index is 0.217. The number of hydrogen-bond acceptors (Lipinski definition) is 2. The summed E-state index contributed by atoms with van der Waals surface area (Å²) in [6.07, 6.45) is 6.89. The van der Waals surface area contributed by atoms with Crippen LogP contribution >= 0.6 is 0 Å². The molecule has 0 fully saturated rings. The first-order valence-electron chi connectivity index (χ1n) is 6.60. The van der Waals surface area contributed by atoms with E-state index in [1.165, 1.54) is 5.56 Å². The quantitative estimate of drug-likeness (QED) is 0.777. The third kappa shape index (κ3) is 3.19. The third-order valence-electron chi connectivity index (χ3n) is 3.15. The minimum absolute atomic E-state index is 0.217. The average molecular weight is 264 g/mol. The molecule has 1 heterocycles.